The van der Waals surface area contributed by atoms with Crippen LogP contribution in [-0.4, -0.2) is 4.98 Å². The number of aromatic nitrogens is 1. The molecule has 0 aliphatic carbocycles. The highest BCUT2D eigenvalue weighted by atomic mass is 32.1. The number of thiophene rings is 1. The van der Waals surface area contributed by atoms with E-state index in [1.807, 2.05) is 11.3 Å². The molecular formula is C36H23NS. The van der Waals surface area contributed by atoms with Gasteiger partial charge in [0.25, 0.3) is 0 Å². The van der Waals surface area contributed by atoms with Gasteiger partial charge < -0.3 is 4.98 Å². The number of aromatic amines is 1. The average molecular weight is 502 g/mol. The summed E-state index contributed by atoms with van der Waals surface area (Å²) < 4.78 is 2.67. The number of benzene rings is 6. The third-order valence-electron chi connectivity index (χ3n) is 7.60. The first-order valence-corrected chi connectivity index (χ1v) is 13.8. The molecule has 38 heavy (non-hydrogen) atoms. The number of rotatable bonds is 3. The van der Waals surface area contributed by atoms with Crippen molar-refractivity contribution in [1.82, 2.24) is 4.98 Å². The maximum atomic E-state index is 3.71. The molecule has 0 unspecified atom stereocenters. The van der Waals surface area contributed by atoms with Crippen LogP contribution in [-0.2, 0) is 0 Å². The van der Waals surface area contributed by atoms with Gasteiger partial charge in [-0.1, -0.05) is 91.0 Å². The van der Waals surface area contributed by atoms with E-state index in [-0.39, 0.29) is 0 Å². The van der Waals surface area contributed by atoms with E-state index in [9.17, 15) is 0 Å². The lowest BCUT2D eigenvalue weighted by molar-refractivity contribution is 1.53. The van der Waals surface area contributed by atoms with Gasteiger partial charge in [-0.05, 0) is 70.3 Å². The van der Waals surface area contributed by atoms with Gasteiger partial charge in [0.1, 0.15) is 0 Å². The monoisotopic (exact) mass is 501 g/mol. The molecule has 1 nitrogen and oxygen atoms in total. The molecule has 1 N–H and O–H groups in total. The molecule has 0 fully saturated rings. The quantitative estimate of drug-likeness (QED) is 0.248. The molecular weight excluding hydrogens is 478 g/mol. The van der Waals surface area contributed by atoms with E-state index >= 15 is 0 Å². The van der Waals surface area contributed by atoms with Crippen LogP contribution in [0.25, 0.3) is 75.4 Å². The van der Waals surface area contributed by atoms with Crippen LogP contribution in [0.2, 0.25) is 0 Å². The fourth-order valence-corrected chi connectivity index (χ4v) is 6.85. The highest BCUT2D eigenvalue weighted by Crippen LogP contribution is 2.40. The highest BCUT2D eigenvalue weighted by molar-refractivity contribution is 7.25. The summed E-state index contributed by atoms with van der Waals surface area (Å²) in [5.74, 6) is 0. The first-order chi connectivity index (χ1) is 18.8. The molecule has 2 aromatic heterocycles. The number of hydrogen-bond donors (Lipinski definition) is 1. The van der Waals surface area contributed by atoms with E-state index in [1.165, 1.54) is 75.4 Å². The molecule has 8 aromatic rings. The second-order valence-corrected chi connectivity index (χ2v) is 11.0. The van der Waals surface area contributed by atoms with E-state index in [2.05, 4.69) is 138 Å². The third kappa shape index (κ3) is 3.38. The summed E-state index contributed by atoms with van der Waals surface area (Å²) in [5.41, 5.74) is 9.71. The van der Waals surface area contributed by atoms with Crippen molar-refractivity contribution < 1.29 is 0 Å². The zero-order chi connectivity index (χ0) is 25.1. The van der Waals surface area contributed by atoms with Crippen LogP contribution >= 0.6 is 11.3 Å². The van der Waals surface area contributed by atoms with Crippen LogP contribution in [0.4, 0.5) is 0 Å². The Balaban J connectivity index is 1.39. The maximum absolute atomic E-state index is 3.71. The Kier molecular flexibility index (Phi) is 4.76. The molecule has 0 radical (unpaired) electrons. The topological polar surface area (TPSA) is 15.8 Å². The van der Waals surface area contributed by atoms with Crippen molar-refractivity contribution in [2.45, 2.75) is 0 Å². The molecule has 2 heterocycles. The number of para-hydroxylation sites is 2. The molecule has 8 rings (SSSR count). The van der Waals surface area contributed by atoms with Crippen LogP contribution in [0.5, 0.6) is 0 Å². The van der Waals surface area contributed by atoms with E-state index < -0.39 is 0 Å². The fraction of sp³-hybridized carbons (Fsp3) is 0. The average Bonchev–Trinajstić information content (AvgIpc) is 3.55. The second-order valence-electron chi connectivity index (χ2n) is 9.87. The summed E-state index contributed by atoms with van der Waals surface area (Å²) in [7, 11) is 0. The van der Waals surface area contributed by atoms with Crippen molar-refractivity contribution in [2.75, 3.05) is 0 Å². The second kappa shape index (κ2) is 8.44. The first-order valence-electron chi connectivity index (χ1n) is 12.9. The van der Waals surface area contributed by atoms with E-state index in [4.69, 9.17) is 0 Å². The molecule has 0 spiro atoms. The van der Waals surface area contributed by atoms with Gasteiger partial charge in [-0.3, -0.25) is 0 Å². The molecule has 178 valence electrons. The summed E-state index contributed by atoms with van der Waals surface area (Å²) in [6.45, 7) is 0. The van der Waals surface area contributed by atoms with Crippen molar-refractivity contribution in [1.29, 1.82) is 0 Å². The van der Waals surface area contributed by atoms with Crippen molar-refractivity contribution in [3.8, 4) is 33.4 Å². The molecule has 0 saturated carbocycles. The third-order valence-corrected chi connectivity index (χ3v) is 8.75. The largest absolute Gasteiger partial charge is 0.354 e. The lowest BCUT2D eigenvalue weighted by Crippen LogP contribution is -1.87. The molecule has 2 heteroatoms. The number of fused-ring (bicyclic) bond motifs is 6. The van der Waals surface area contributed by atoms with Crippen molar-refractivity contribution >= 4 is 53.3 Å². The van der Waals surface area contributed by atoms with E-state index in [1.54, 1.807) is 0 Å². The number of H-pyrrole nitrogens is 1. The zero-order valence-electron chi connectivity index (χ0n) is 20.6. The Labute approximate surface area is 224 Å². The van der Waals surface area contributed by atoms with Crippen molar-refractivity contribution in [3.05, 3.63) is 133 Å². The Hall–Kier alpha value is -4.66. The van der Waals surface area contributed by atoms with Gasteiger partial charge in [0.2, 0.25) is 0 Å². The Morgan fingerprint density at radius 1 is 0.395 bits per heavy atom. The summed E-state index contributed by atoms with van der Waals surface area (Å²) in [6.07, 6.45) is 0. The molecule has 6 aromatic carbocycles. The summed E-state index contributed by atoms with van der Waals surface area (Å²) >= 11 is 1.86. The number of hydrogen-bond acceptors (Lipinski definition) is 1. The van der Waals surface area contributed by atoms with Crippen LogP contribution in [0.3, 0.4) is 0 Å². The molecule has 0 aliphatic heterocycles. The number of nitrogens with one attached hydrogen (secondary N) is 1. The summed E-state index contributed by atoms with van der Waals surface area (Å²) in [5, 5.41) is 5.18. The Morgan fingerprint density at radius 3 is 1.97 bits per heavy atom. The van der Waals surface area contributed by atoms with E-state index in [0.29, 0.717) is 0 Å². The Morgan fingerprint density at radius 2 is 1.08 bits per heavy atom. The van der Waals surface area contributed by atoms with Gasteiger partial charge in [0.15, 0.2) is 0 Å². The molecule has 0 aliphatic rings. The van der Waals surface area contributed by atoms with Crippen molar-refractivity contribution in [2.24, 2.45) is 0 Å². The molecule has 0 bridgehead atoms. The lowest BCUT2D eigenvalue weighted by atomic mass is 9.92. The van der Waals surface area contributed by atoms with Crippen LogP contribution in [0.15, 0.2) is 133 Å². The van der Waals surface area contributed by atoms with Gasteiger partial charge >= 0.3 is 0 Å². The van der Waals surface area contributed by atoms with E-state index in [0.717, 1.165) is 0 Å². The van der Waals surface area contributed by atoms with Gasteiger partial charge in [-0.15, -0.1) is 11.3 Å². The van der Waals surface area contributed by atoms with Gasteiger partial charge in [-0.25, -0.2) is 0 Å². The van der Waals surface area contributed by atoms with Crippen LogP contribution < -0.4 is 0 Å². The Bertz CT molecular complexity index is 2130. The van der Waals surface area contributed by atoms with Gasteiger partial charge in [0.05, 0.1) is 5.52 Å². The smallest absolute Gasteiger partial charge is 0.0544 e. The predicted molar refractivity (Wildman–Crippen MR) is 165 cm³/mol. The van der Waals surface area contributed by atoms with Crippen LogP contribution in [0.1, 0.15) is 0 Å². The minimum Gasteiger partial charge on any atom is -0.354 e. The molecule has 0 saturated heterocycles. The minimum atomic E-state index is 1.17. The van der Waals surface area contributed by atoms with Crippen molar-refractivity contribution in [3.63, 3.8) is 0 Å². The molecule has 0 amide bonds. The summed E-state index contributed by atoms with van der Waals surface area (Å²) in [4.78, 5) is 3.71. The van der Waals surface area contributed by atoms with Gasteiger partial charge in [-0.2, -0.15) is 0 Å². The predicted octanol–water partition coefficient (Wildman–Crippen LogP) is 10.7. The lowest BCUT2D eigenvalue weighted by Gasteiger charge is -2.12. The zero-order valence-corrected chi connectivity index (χ0v) is 21.4. The normalized spacial score (nSPS) is 11.7. The standard InChI is InChI=1S/C36H23NS/c1-2-9-23(10-3-1)25-19-26(24-17-18-35-32(22-24)30-12-5-7-16-34(30)38-35)21-27(20-25)28-13-8-14-31-29-11-4-6-15-33(29)37-36(28)31/h1-22,37H. The SMILES string of the molecule is c1ccc(-c2cc(-c3ccc4sc5ccccc5c4c3)cc(-c3cccc4c3[nH]c3ccccc34)c2)cc1. The highest BCUT2D eigenvalue weighted by Gasteiger charge is 2.13. The minimum absolute atomic E-state index is 1.17. The van der Waals surface area contributed by atoms with Gasteiger partial charge in [0, 0.05) is 42.0 Å². The molecule has 0 atom stereocenters. The van der Waals surface area contributed by atoms with Crippen LogP contribution in [0, 0.1) is 0 Å². The summed E-state index contributed by atoms with van der Waals surface area (Å²) in [6, 6.07) is 48.5. The first kappa shape index (κ1) is 21.4. The fourth-order valence-electron chi connectivity index (χ4n) is 5.77. The maximum Gasteiger partial charge on any atom is 0.0544 e.